The fourth-order valence-electron chi connectivity index (χ4n) is 3.56. The number of hydrogen-bond acceptors (Lipinski definition) is 5. The number of H-pyrrole nitrogens is 1. The van der Waals surface area contributed by atoms with Crippen LogP contribution in [-0.4, -0.2) is 19.7 Å². The van der Waals surface area contributed by atoms with Crippen LogP contribution in [0.25, 0.3) is 10.9 Å². The van der Waals surface area contributed by atoms with Crippen LogP contribution in [0.1, 0.15) is 33.8 Å². The summed E-state index contributed by atoms with van der Waals surface area (Å²) in [6.45, 7) is 8.45. The standard InChI is InChI=1S/C24H26N4O2S/c1-14-7-6-8-20(17(14)4)30-12-21-26-27-24(28(21)5)31-13-18-11-19(29)22-15(2)9-10-16(3)23(22)25-18/h6-11H,12-13H2,1-5H3,(H,25,29). The molecule has 6 nitrogen and oxygen atoms in total. The highest BCUT2D eigenvalue weighted by Crippen LogP contribution is 2.24. The number of aryl methyl sites for hydroxylation is 3. The molecule has 2 heterocycles. The summed E-state index contributed by atoms with van der Waals surface area (Å²) in [7, 11) is 1.93. The van der Waals surface area contributed by atoms with Crippen molar-refractivity contribution in [1.82, 2.24) is 19.7 Å². The molecule has 0 saturated heterocycles. The highest BCUT2D eigenvalue weighted by atomic mass is 32.2. The predicted molar refractivity (Wildman–Crippen MR) is 125 cm³/mol. The van der Waals surface area contributed by atoms with Gasteiger partial charge in [0.2, 0.25) is 0 Å². The second-order valence-electron chi connectivity index (χ2n) is 7.84. The molecule has 0 radical (unpaired) electrons. The molecule has 4 aromatic rings. The lowest BCUT2D eigenvalue weighted by atomic mass is 10.0. The normalized spacial score (nSPS) is 11.3. The van der Waals surface area contributed by atoms with Gasteiger partial charge in [-0.05, 0) is 56.0 Å². The van der Waals surface area contributed by atoms with Crippen LogP contribution >= 0.6 is 11.8 Å². The molecule has 0 aliphatic rings. The lowest BCUT2D eigenvalue weighted by molar-refractivity contribution is 0.288. The van der Waals surface area contributed by atoms with Gasteiger partial charge in [-0.2, -0.15) is 0 Å². The zero-order chi connectivity index (χ0) is 22.1. The SMILES string of the molecule is Cc1cccc(OCc2nnc(SCc3cc(=O)c4c(C)ccc(C)c4[nH]3)n2C)c1C. The molecule has 2 aromatic carbocycles. The highest BCUT2D eigenvalue weighted by molar-refractivity contribution is 7.98. The number of thioether (sulfide) groups is 1. The molecule has 0 saturated carbocycles. The topological polar surface area (TPSA) is 72.8 Å². The fraction of sp³-hybridized carbons (Fsp3) is 0.292. The van der Waals surface area contributed by atoms with E-state index in [1.54, 1.807) is 6.07 Å². The van der Waals surface area contributed by atoms with Gasteiger partial charge in [0.1, 0.15) is 12.4 Å². The molecule has 0 bridgehead atoms. The Morgan fingerprint density at radius 1 is 1.03 bits per heavy atom. The number of aromatic amines is 1. The van der Waals surface area contributed by atoms with Gasteiger partial charge in [0.15, 0.2) is 16.4 Å². The van der Waals surface area contributed by atoms with E-state index in [0.717, 1.165) is 50.0 Å². The number of ether oxygens (including phenoxy) is 1. The van der Waals surface area contributed by atoms with Gasteiger partial charge in [0.25, 0.3) is 0 Å². The van der Waals surface area contributed by atoms with Crippen LogP contribution in [-0.2, 0) is 19.4 Å². The van der Waals surface area contributed by atoms with Crippen molar-refractivity contribution < 1.29 is 4.74 Å². The molecule has 0 atom stereocenters. The van der Waals surface area contributed by atoms with Crippen molar-refractivity contribution in [3.05, 3.63) is 80.4 Å². The number of aromatic nitrogens is 4. The third-order valence-electron chi connectivity index (χ3n) is 5.65. The Labute approximate surface area is 185 Å². The van der Waals surface area contributed by atoms with Gasteiger partial charge >= 0.3 is 0 Å². The lowest BCUT2D eigenvalue weighted by Crippen LogP contribution is -2.07. The quantitative estimate of drug-likeness (QED) is 0.443. The first-order valence-corrected chi connectivity index (χ1v) is 11.2. The first kappa shape index (κ1) is 21.2. The number of nitrogens with zero attached hydrogens (tertiary/aromatic N) is 3. The van der Waals surface area contributed by atoms with E-state index in [9.17, 15) is 4.79 Å². The molecule has 160 valence electrons. The van der Waals surface area contributed by atoms with Crippen molar-refractivity contribution in [2.45, 2.75) is 45.2 Å². The number of pyridine rings is 1. The van der Waals surface area contributed by atoms with E-state index in [4.69, 9.17) is 4.74 Å². The van der Waals surface area contributed by atoms with Crippen molar-refractivity contribution in [2.24, 2.45) is 7.05 Å². The summed E-state index contributed by atoms with van der Waals surface area (Å²) >= 11 is 1.54. The third kappa shape index (κ3) is 4.23. The van der Waals surface area contributed by atoms with E-state index < -0.39 is 0 Å². The summed E-state index contributed by atoms with van der Waals surface area (Å²) in [6.07, 6.45) is 0. The Morgan fingerprint density at radius 3 is 2.61 bits per heavy atom. The average molecular weight is 435 g/mol. The van der Waals surface area contributed by atoms with E-state index in [1.807, 2.05) is 49.7 Å². The molecule has 0 aliphatic heterocycles. The van der Waals surface area contributed by atoms with Gasteiger partial charge in [-0.1, -0.05) is 36.0 Å². The highest BCUT2D eigenvalue weighted by Gasteiger charge is 2.13. The minimum Gasteiger partial charge on any atom is -0.485 e. The van der Waals surface area contributed by atoms with Crippen molar-refractivity contribution >= 4 is 22.7 Å². The maximum Gasteiger partial charge on any atom is 0.191 e. The number of rotatable bonds is 6. The molecule has 0 spiro atoms. The zero-order valence-corrected chi connectivity index (χ0v) is 19.3. The van der Waals surface area contributed by atoms with Crippen LogP contribution < -0.4 is 10.2 Å². The van der Waals surface area contributed by atoms with Crippen molar-refractivity contribution in [1.29, 1.82) is 0 Å². The van der Waals surface area contributed by atoms with Crippen LogP contribution in [0.2, 0.25) is 0 Å². The Balaban J connectivity index is 1.49. The van der Waals surface area contributed by atoms with Crippen LogP contribution in [0, 0.1) is 27.7 Å². The van der Waals surface area contributed by atoms with Crippen LogP contribution in [0.5, 0.6) is 5.75 Å². The number of fused-ring (bicyclic) bond motifs is 1. The van der Waals surface area contributed by atoms with Crippen LogP contribution in [0.15, 0.2) is 46.3 Å². The molecular formula is C24H26N4O2S. The third-order valence-corrected chi connectivity index (χ3v) is 6.72. The number of hydrogen-bond donors (Lipinski definition) is 1. The first-order valence-electron chi connectivity index (χ1n) is 10.2. The monoisotopic (exact) mass is 434 g/mol. The van der Waals surface area contributed by atoms with Gasteiger partial charge in [0, 0.05) is 29.9 Å². The van der Waals surface area contributed by atoms with Gasteiger partial charge in [-0.15, -0.1) is 10.2 Å². The molecule has 4 rings (SSSR count). The summed E-state index contributed by atoms with van der Waals surface area (Å²) in [6, 6.07) is 11.7. The Bertz CT molecular complexity index is 1320. The second-order valence-corrected chi connectivity index (χ2v) is 8.78. The minimum absolute atomic E-state index is 0.0473. The van der Waals surface area contributed by atoms with Crippen LogP contribution in [0.3, 0.4) is 0 Å². The molecule has 0 amide bonds. The summed E-state index contributed by atoms with van der Waals surface area (Å²) in [5.74, 6) is 2.21. The zero-order valence-electron chi connectivity index (χ0n) is 18.4. The van der Waals surface area contributed by atoms with E-state index in [0.29, 0.717) is 12.4 Å². The molecule has 0 aliphatic carbocycles. The maximum absolute atomic E-state index is 12.6. The molecule has 2 aromatic heterocycles. The van der Waals surface area contributed by atoms with Crippen LogP contribution in [0.4, 0.5) is 0 Å². The lowest BCUT2D eigenvalue weighted by Gasteiger charge is -2.11. The van der Waals surface area contributed by atoms with Gasteiger partial charge in [0.05, 0.1) is 5.52 Å². The van der Waals surface area contributed by atoms with E-state index in [-0.39, 0.29) is 5.43 Å². The van der Waals surface area contributed by atoms with E-state index in [1.165, 1.54) is 17.3 Å². The summed E-state index contributed by atoms with van der Waals surface area (Å²) in [5, 5.41) is 10.1. The summed E-state index contributed by atoms with van der Waals surface area (Å²) in [4.78, 5) is 16.1. The maximum atomic E-state index is 12.6. The molecule has 0 unspecified atom stereocenters. The molecule has 0 fully saturated rings. The number of nitrogens with one attached hydrogen (secondary N) is 1. The number of benzene rings is 2. The Morgan fingerprint density at radius 2 is 1.81 bits per heavy atom. The Hall–Kier alpha value is -3.06. The molecule has 1 N–H and O–H groups in total. The largest absolute Gasteiger partial charge is 0.485 e. The van der Waals surface area contributed by atoms with E-state index >= 15 is 0 Å². The van der Waals surface area contributed by atoms with E-state index in [2.05, 4.69) is 35.1 Å². The smallest absolute Gasteiger partial charge is 0.191 e. The fourth-order valence-corrected chi connectivity index (χ4v) is 4.39. The molecule has 31 heavy (non-hydrogen) atoms. The molecular weight excluding hydrogens is 408 g/mol. The van der Waals surface area contributed by atoms with Gasteiger partial charge < -0.3 is 14.3 Å². The summed E-state index contributed by atoms with van der Waals surface area (Å²) in [5.41, 5.74) is 6.20. The van der Waals surface area contributed by atoms with Crippen molar-refractivity contribution in [2.75, 3.05) is 0 Å². The predicted octanol–water partition coefficient (Wildman–Crippen LogP) is 4.76. The summed E-state index contributed by atoms with van der Waals surface area (Å²) < 4.78 is 7.90. The molecule has 7 heteroatoms. The Kier molecular flexibility index (Phi) is 5.87. The average Bonchev–Trinajstić information content (AvgIpc) is 3.09. The first-order chi connectivity index (χ1) is 14.8. The van der Waals surface area contributed by atoms with Gasteiger partial charge in [-0.3, -0.25) is 4.79 Å². The minimum atomic E-state index is 0.0473. The van der Waals surface area contributed by atoms with Crippen molar-refractivity contribution in [3.63, 3.8) is 0 Å². The van der Waals surface area contributed by atoms with Gasteiger partial charge in [-0.25, -0.2) is 0 Å². The second kappa shape index (κ2) is 8.59. The van der Waals surface area contributed by atoms with Crippen molar-refractivity contribution in [3.8, 4) is 5.75 Å².